The van der Waals surface area contributed by atoms with E-state index in [9.17, 15) is 5.11 Å². The van der Waals surface area contributed by atoms with Crippen LogP contribution in [-0.4, -0.2) is 64.3 Å². The van der Waals surface area contributed by atoms with Gasteiger partial charge in [-0.05, 0) is 92.3 Å². The lowest BCUT2D eigenvalue weighted by molar-refractivity contribution is 0.0640. The normalized spacial score (nSPS) is 19.9. The van der Waals surface area contributed by atoms with Crippen LogP contribution in [0.25, 0.3) is 10.9 Å². The minimum absolute atomic E-state index is 0.158. The average molecular weight is 485 g/mol. The fraction of sp³-hybridized carbons (Fsp3) is 0.500. The molecular formula is C26H33FN4O2S. The first-order valence-corrected chi connectivity index (χ1v) is 13.0. The van der Waals surface area contributed by atoms with Crippen molar-refractivity contribution in [2.45, 2.75) is 36.8 Å². The molecule has 1 aromatic carbocycles. The van der Waals surface area contributed by atoms with E-state index < -0.39 is 6.17 Å². The maximum absolute atomic E-state index is 15.4. The van der Waals surface area contributed by atoms with Crippen molar-refractivity contribution in [2.75, 3.05) is 39.1 Å². The second-order valence-corrected chi connectivity index (χ2v) is 10.1. The Morgan fingerprint density at radius 3 is 2.91 bits per heavy atom. The Hall–Kier alpha value is -2.29. The minimum Gasteiger partial charge on any atom is -0.497 e. The Labute approximate surface area is 204 Å². The largest absolute Gasteiger partial charge is 0.497 e. The summed E-state index contributed by atoms with van der Waals surface area (Å²) in [6, 6.07) is 9.34. The van der Waals surface area contributed by atoms with Gasteiger partial charge in [0.2, 0.25) is 0 Å². The van der Waals surface area contributed by atoms with Crippen molar-refractivity contribution in [1.29, 1.82) is 0 Å². The summed E-state index contributed by atoms with van der Waals surface area (Å²) in [4.78, 5) is 7.95. The van der Waals surface area contributed by atoms with Gasteiger partial charge in [0.1, 0.15) is 11.9 Å². The summed E-state index contributed by atoms with van der Waals surface area (Å²) in [5.74, 6) is 2.29. The van der Waals surface area contributed by atoms with E-state index in [-0.39, 0.29) is 12.5 Å². The summed E-state index contributed by atoms with van der Waals surface area (Å²) in [5, 5.41) is 18.5. The molecule has 0 amide bonds. The van der Waals surface area contributed by atoms with Gasteiger partial charge in [-0.2, -0.15) is 10.2 Å². The first kappa shape index (κ1) is 24.8. The number of benzene rings is 1. The van der Waals surface area contributed by atoms with Gasteiger partial charge in [0, 0.05) is 29.6 Å². The maximum atomic E-state index is 15.4. The van der Waals surface area contributed by atoms with Gasteiger partial charge in [0.25, 0.3) is 0 Å². The van der Waals surface area contributed by atoms with Crippen LogP contribution in [0.4, 0.5) is 4.39 Å². The van der Waals surface area contributed by atoms with E-state index in [4.69, 9.17) is 4.74 Å². The van der Waals surface area contributed by atoms with Gasteiger partial charge in [0.15, 0.2) is 0 Å². The highest BCUT2D eigenvalue weighted by molar-refractivity contribution is 7.99. The monoisotopic (exact) mass is 484 g/mol. The maximum Gasteiger partial charge on any atom is 0.126 e. The number of pyridine rings is 1. The van der Waals surface area contributed by atoms with Crippen LogP contribution < -0.4 is 4.74 Å². The number of thioether (sulfide) groups is 1. The van der Waals surface area contributed by atoms with E-state index in [1.807, 2.05) is 24.3 Å². The van der Waals surface area contributed by atoms with Crippen molar-refractivity contribution < 1.29 is 14.2 Å². The lowest BCUT2D eigenvalue weighted by atomic mass is 9.81. The smallest absolute Gasteiger partial charge is 0.126 e. The van der Waals surface area contributed by atoms with Crippen LogP contribution in [0.2, 0.25) is 0 Å². The number of fused-ring (bicyclic) bond motifs is 1. The summed E-state index contributed by atoms with van der Waals surface area (Å²) in [6.07, 6.45) is 7.44. The Morgan fingerprint density at radius 2 is 2.12 bits per heavy atom. The van der Waals surface area contributed by atoms with Gasteiger partial charge >= 0.3 is 0 Å². The van der Waals surface area contributed by atoms with Gasteiger partial charge in [-0.3, -0.25) is 4.98 Å². The molecule has 0 radical (unpaired) electrons. The summed E-state index contributed by atoms with van der Waals surface area (Å²) in [5.41, 5.74) is 1.45. The zero-order chi connectivity index (χ0) is 23.8. The van der Waals surface area contributed by atoms with Crippen LogP contribution in [-0.2, 0) is 0 Å². The van der Waals surface area contributed by atoms with Crippen molar-refractivity contribution in [3.8, 4) is 5.75 Å². The topological polar surface area (TPSA) is 71.4 Å². The predicted molar refractivity (Wildman–Crippen MR) is 134 cm³/mol. The lowest BCUT2D eigenvalue weighted by Gasteiger charge is -2.38. The zero-order valence-corrected chi connectivity index (χ0v) is 20.5. The molecule has 0 saturated carbocycles. The molecule has 4 rings (SSSR count). The molecule has 2 aromatic heterocycles. The minimum atomic E-state index is -1.06. The summed E-state index contributed by atoms with van der Waals surface area (Å²) in [6.45, 7) is 3.07. The highest BCUT2D eigenvalue weighted by atomic mass is 32.2. The van der Waals surface area contributed by atoms with Crippen molar-refractivity contribution in [3.05, 3.63) is 54.5 Å². The number of alkyl halides is 1. The first-order chi connectivity index (χ1) is 16.7. The van der Waals surface area contributed by atoms with Gasteiger partial charge < -0.3 is 14.7 Å². The number of hydrogen-bond acceptors (Lipinski definition) is 7. The zero-order valence-electron chi connectivity index (χ0n) is 19.6. The molecule has 1 fully saturated rings. The molecule has 0 spiro atoms. The number of likely N-dealkylation sites (tertiary alicyclic amines) is 1. The average Bonchev–Trinajstić information content (AvgIpc) is 2.89. The van der Waals surface area contributed by atoms with Gasteiger partial charge in [-0.25, -0.2) is 4.39 Å². The van der Waals surface area contributed by atoms with Crippen LogP contribution in [0, 0.1) is 11.8 Å². The Kier molecular flexibility index (Phi) is 9.07. The molecule has 34 heavy (non-hydrogen) atoms. The number of aliphatic hydroxyl groups excluding tert-OH is 1. The predicted octanol–water partition coefficient (Wildman–Crippen LogP) is 4.94. The number of hydrogen-bond donors (Lipinski definition) is 1. The van der Waals surface area contributed by atoms with E-state index in [0.717, 1.165) is 60.4 Å². The van der Waals surface area contributed by atoms with Crippen molar-refractivity contribution in [1.82, 2.24) is 20.1 Å². The van der Waals surface area contributed by atoms with Crippen LogP contribution in [0.1, 0.15) is 37.4 Å². The van der Waals surface area contributed by atoms with Crippen LogP contribution >= 0.6 is 11.8 Å². The van der Waals surface area contributed by atoms with Crippen LogP contribution in [0.3, 0.4) is 0 Å². The number of ether oxygens (including phenoxy) is 1. The Bertz CT molecular complexity index is 1040. The highest BCUT2D eigenvalue weighted by Crippen LogP contribution is 2.35. The Balaban J connectivity index is 1.26. The second kappa shape index (κ2) is 12.4. The molecule has 1 saturated heterocycles. The first-order valence-electron chi connectivity index (χ1n) is 12.0. The molecule has 1 N–H and O–H groups in total. The summed E-state index contributed by atoms with van der Waals surface area (Å²) >= 11 is 1.80. The number of piperidine rings is 1. The molecule has 182 valence electrons. The molecule has 0 aliphatic carbocycles. The van der Waals surface area contributed by atoms with E-state index in [1.165, 1.54) is 0 Å². The van der Waals surface area contributed by atoms with Crippen molar-refractivity contribution in [3.63, 3.8) is 0 Å². The number of aromatic nitrogens is 3. The quantitative estimate of drug-likeness (QED) is 0.305. The van der Waals surface area contributed by atoms with E-state index >= 15 is 4.39 Å². The van der Waals surface area contributed by atoms with E-state index in [0.29, 0.717) is 23.7 Å². The fourth-order valence-corrected chi connectivity index (χ4v) is 5.64. The Morgan fingerprint density at radius 1 is 1.21 bits per heavy atom. The molecule has 0 bridgehead atoms. The number of rotatable bonds is 11. The molecule has 0 unspecified atom stereocenters. The molecule has 3 heterocycles. The van der Waals surface area contributed by atoms with E-state index in [1.54, 1.807) is 43.5 Å². The molecular weight excluding hydrogens is 451 g/mol. The lowest BCUT2D eigenvalue weighted by Crippen LogP contribution is -2.42. The van der Waals surface area contributed by atoms with Gasteiger partial charge in [0.05, 0.1) is 25.0 Å². The number of methoxy groups -OCH3 is 1. The molecule has 6 nitrogen and oxygen atoms in total. The number of aliphatic hydroxyl groups is 1. The molecule has 3 atom stereocenters. The molecule has 3 aromatic rings. The molecule has 1 aliphatic rings. The third-order valence-corrected chi connectivity index (χ3v) is 7.83. The van der Waals surface area contributed by atoms with Gasteiger partial charge in [-0.15, -0.1) is 11.8 Å². The van der Waals surface area contributed by atoms with E-state index in [2.05, 4.69) is 20.1 Å². The summed E-state index contributed by atoms with van der Waals surface area (Å²) in [7, 11) is 1.61. The van der Waals surface area contributed by atoms with Crippen LogP contribution in [0.15, 0.2) is 53.8 Å². The number of halogens is 1. The van der Waals surface area contributed by atoms with Crippen LogP contribution in [0.5, 0.6) is 5.75 Å². The number of nitrogens with zero attached hydrogens (tertiary/aromatic N) is 4. The third-order valence-electron chi connectivity index (χ3n) is 6.77. The van der Waals surface area contributed by atoms with Crippen molar-refractivity contribution >= 4 is 22.7 Å². The highest BCUT2D eigenvalue weighted by Gasteiger charge is 2.29. The standard InChI is InChI=1S/C26H33FN4O2S/c1-33-21-4-6-26-24(15-21)23(8-10-28-26)25(27)5-3-19-9-13-31(17-20(19)18-32)12-2-14-34-22-7-11-29-30-16-22/h4,6-8,10-11,15-16,19-20,25,32H,2-3,5,9,12-14,17-18H2,1H3/t19-,20-,25-/m1/s1. The summed E-state index contributed by atoms with van der Waals surface area (Å²) < 4.78 is 20.7. The fourth-order valence-electron chi connectivity index (χ4n) is 4.85. The SMILES string of the molecule is COc1ccc2nccc([C@H](F)CC[C@@H]3CCN(CCCSc4ccnnc4)C[C@@H]3CO)c2c1. The second-order valence-electron chi connectivity index (χ2n) is 8.90. The van der Waals surface area contributed by atoms with Crippen molar-refractivity contribution in [2.24, 2.45) is 11.8 Å². The molecule has 8 heteroatoms. The van der Waals surface area contributed by atoms with Gasteiger partial charge in [-0.1, -0.05) is 0 Å². The third kappa shape index (κ3) is 6.43. The molecule has 1 aliphatic heterocycles.